The molecule has 0 saturated carbocycles. The van der Waals surface area contributed by atoms with E-state index in [1.807, 2.05) is 11.8 Å². The van der Waals surface area contributed by atoms with Crippen LogP contribution in [0.5, 0.6) is 0 Å². The number of nitrogens with zero attached hydrogens (tertiary/aromatic N) is 2. The fourth-order valence-corrected chi connectivity index (χ4v) is 2.63. The van der Waals surface area contributed by atoms with Gasteiger partial charge in [0.1, 0.15) is 0 Å². The fraction of sp³-hybridized carbons (Fsp3) is 0.769. The Morgan fingerprint density at radius 2 is 1.85 bits per heavy atom. The van der Waals surface area contributed by atoms with Gasteiger partial charge in [0.25, 0.3) is 0 Å². The average molecular weight is 304 g/mol. The van der Waals surface area contributed by atoms with E-state index in [1.54, 1.807) is 0 Å². The maximum absolute atomic E-state index is 12.2. The van der Waals surface area contributed by atoms with Crippen LogP contribution in [0.4, 0.5) is 0 Å². The first-order valence-corrected chi connectivity index (χ1v) is 6.86. The van der Waals surface area contributed by atoms with Crippen LogP contribution in [0, 0.1) is 0 Å². The molecule has 0 aromatic rings. The first-order valence-electron chi connectivity index (χ1n) is 6.86. The minimum atomic E-state index is -0.153. The maximum atomic E-state index is 12.2. The SMILES string of the molecule is CC1NCCN(C(=O)CCN2C(=O)CCC2=O)C1C.Cl. The molecule has 2 fully saturated rings. The summed E-state index contributed by atoms with van der Waals surface area (Å²) in [7, 11) is 0. The first kappa shape index (κ1) is 16.9. The summed E-state index contributed by atoms with van der Waals surface area (Å²) in [6, 6.07) is 0.416. The molecular formula is C13H22ClN3O3. The zero-order chi connectivity index (χ0) is 14.0. The Bertz CT molecular complexity index is 386. The first-order chi connectivity index (χ1) is 9.00. The number of carbonyl (C=O) groups is 3. The van der Waals surface area contributed by atoms with Crippen LogP contribution in [-0.2, 0) is 14.4 Å². The van der Waals surface area contributed by atoms with Gasteiger partial charge >= 0.3 is 0 Å². The van der Waals surface area contributed by atoms with Crippen LogP contribution in [0.1, 0.15) is 33.1 Å². The molecule has 0 aromatic heterocycles. The second-order valence-electron chi connectivity index (χ2n) is 5.26. The summed E-state index contributed by atoms with van der Waals surface area (Å²) in [5, 5.41) is 3.32. The van der Waals surface area contributed by atoms with Crippen molar-refractivity contribution in [1.82, 2.24) is 15.1 Å². The van der Waals surface area contributed by atoms with Crippen molar-refractivity contribution >= 4 is 30.1 Å². The highest BCUT2D eigenvalue weighted by molar-refractivity contribution is 6.02. The second-order valence-corrected chi connectivity index (χ2v) is 5.26. The molecule has 20 heavy (non-hydrogen) atoms. The normalized spacial score (nSPS) is 26.7. The van der Waals surface area contributed by atoms with Crippen molar-refractivity contribution in [3.8, 4) is 0 Å². The predicted molar refractivity (Wildman–Crippen MR) is 76.5 cm³/mol. The monoisotopic (exact) mass is 303 g/mol. The van der Waals surface area contributed by atoms with E-state index < -0.39 is 0 Å². The van der Waals surface area contributed by atoms with E-state index in [9.17, 15) is 14.4 Å². The third-order valence-corrected chi connectivity index (χ3v) is 4.06. The van der Waals surface area contributed by atoms with Crippen LogP contribution in [0.3, 0.4) is 0 Å². The van der Waals surface area contributed by atoms with Crippen molar-refractivity contribution in [2.45, 2.75) is 45.2 Å². The molecule has 3 amide bonds. The number of amides is 3. The molecule has 2 saturated heterocycles. The van der Waals surface area contributed by atoms with Crippen LogP contribution in [0.2, 0.25) is 0 Å². The molecule has 114 valence electrons. The smallest absolute Gasteiger partial charge is 0.229 e. The Balaban J connectivity index is 0.00000200. The average Bonchev–Trinajstić information content (AvgIpc) is 2.70. The van der Waals surface area contributed by atoms with Crippen LogP contribution >= 0.6 is 12.4 Å². The van der Waals surface area contributed by atoms with E-state index in [0.717, 1.165) is 6.54 Å². The highest BCUT2D eigenvalue weighted by Crippen LogP contribution is 2.14. The van der Waals surface area contributed by atoms with E-state index in [1.165, 1.54) is 4.90 Å². The summed E-state index contributed by atoms with van der Waals surface area (Å²) < 4.78 is 0. The minimum absolute atomic E-state index is 0. The van der Waals surface area contributed by atoms with Crippen molar-refractivity contribution in [1.29, 1.82) is 0 Å². The zero-order valence-electron chi connectivity index (χ0n) is 11.9. The van der Waals surface area contributed by atoms with Crippen LogP contribution in [0.15, 0.2) is 0 Å². The molecule has 0 aliphatic carbocycles. The molecule has 0 radical (unpaired) electrons. The molecule has 2 atom stereocenters. The third-order valence-electron chi connectivity index (χ3n) is 4.06. The van der Waals surface area contributed by atoms with Gasteiger partial charge in [0.15, 0.2) is 0 Å². The Hall–Kier alpha value is -1.14. The van der Waals surface area contributed by atoms with Crippen molar-refractivity contribution in [2.75, 3.05) is 19.6 Å². The maximum Gasteiger partial charge on any atom is 0.229 e. The van der Waals surface area contributed by atoms with Crippen LogP contribution < -0.4 is 5.32 Å². The largest absolute Gasteiger partial charge is 0.337 e. The number of hydrogen-bond donors (Lipinski definition) is 1. The van der Waals surface area contributed by atoms with Gasteiger partial charge in [-0.05, 0) is 13.8 Å². The molecule has 1 N–H and O–H groups in total. The van der Waals surface area contributed by atoms with Crippen molar-refractivity contribution < 1.29 is 14.4 Å². The topological polar surface area (TPSA) is 69.7 Å². The molecule has 0 spiro atoms. The standard InChI is InChI=1S/C13H21N3O3.ClH/c1-9-10(2)15(8-6-14-9)13(19)5-7-16-11(17)3-4-12(16)18;/h9-10,14H,3-8H2,1-2H3;1H. The quantitative estimate of drug-likeness (QED) is 0.754. The van der Waals surface area contributed by atoms with Gasteiger partial charge in [0.05, 0.1) is 0 Å². The number of carbonyl (C=O) groups excluding carboxylic acids is 3. The molecule has 0 bridgehead atoms. The molecule has 2 rings (SSSR count). The molecule has 2 unspecified atom stereocenters. The predicted octanol–water partition coefficient (Wildman–Crippen LogP) is 0.156. The minimum Gasteiger partial charge on any atom is -0.337 e. The lowest BCUT2D eigenvalue weighted by molar-refractivity contribution is -0.140. The molecule has 2 heterocycles. The van der Waals surface area contributed by atoms with Gasteiger partial charge in [0.2, 0.25) is 17.7 Å². The summed E-state index contributed by atoms with van der Waals surface area (Å²) >= 11 is 0. The zero-order valence-corrected chi connectivity index (χ0v) is 12.7. The summed E-state index contributed by atoms with van der Waals surface area (Å²) in [5.41, 5.74) is 0. The number of hydrogen-bond acceptors (Lipinski definition) is 4. The van der Waals surface area contributed by atoms with E-state index >= 15 is 0 Å². The number of nitrogens with one attached hydrogen (secondary N) is 1. The molecule has 2 aliphatic heterocycles. The summed E-state index contributed by atoms with van der Waals surface area (Å²) in [4.78, 5) is 38.1. The molecular weight excluding hydrogens is 282 g/mol. The summed E-state index contributed by atoms with van der Waals surface area (Å²) in [5.74, 6) is -0.285. The van der Waals surface area contributed by atoms with Crippen molar-refractivity contribution in [3.05, 3.63) is 0 Å². The Morgan fingerprint density at radius 3 is 2.45 bits per heavy atom. The van der Waals surface area contributed by atoms with Crippen LogP contribution in [-0.4, -0.2) is 59.2 Å². The Morgan fingerprint density at radius 1 is 1.25 bits per heavy atom. The van der Waals surface area contributed by atoms with Gasteiger partial charge in [-0.2, -0.15) is 0 Å². The van der Waals surface area contributed by atoms with E-state index in [0.29, 0.717) is 6.54 Å². The third kappa shape index (κ3) is 3.49. The van der Waals surface area contributed by atoms with Gasteiger partial charge in [-0.15, -0.1) is 12.4 Å². The number of rotatable bonds is 3. The number of imide groups is 1. The van der Waals surface area contributed by atoms with Gasteiger partial charge in [0, 0.05) is 51.0 Å². The highest BCUT2D eigenvalue weighted by Gasteiger charge is 2.31. The van der Waals surface area contributed by atoms with Crippen LogP contribution in [0.25, 0.3) is 0 Å². The lowest BCUT2D eigenvalue weighted by Crippen LogP contribution is -2.57. The van der Waals surface area contributed by atoms with Crippen molar-refractivity contribution in [3.63, 3.8) is 0 Å². The fourth-order valence-electron chi connectivity index (χ4n) is 2.63. The Kier molecular flexibility index (Phi) is 5.95. The molecule has 7 heteroatoms. The van der Waals surface area contributed by atoms with E-state index in [4.69, 9.17) is 0 Å². The lowest BCUT2D eigenvalue weighted by Gasteiger charge is -2.38. The summed E-state index contributed by atoms with van der Waals surface area (Å²) in [6.07, 6.45) is 0.802. The van der Waals surface area contributed by atoms with Gasteiger partial charge < -0.3 is 10.2 Å². The summed E-state index contributed by atoms with van der Waals surface area (Å²) in [6.45, 7) is 5.77. The molecule has 0 aromatic carbocycles. The second kappa shape index (κ2) is 7.04. The molecule has 2 aliphatic rings. The number of halogens is 1. The van der Waals surface area contributed by atoms with Gasteiger partial charge in [-0.3, -0.25) is 19.3 Å². The van der Waals surface area contributed by atoms with Gasteiger partial charge in [-0.25, -0.2) is 0 Å². The van der Waals surface area contributed by atoms with Gasteiger partial charge in [-0.1, -0.05) is 0 Å². The number of likely N-dealkylation sites (tertiary alicyclic amines) is 1. The number of piperazine rings is 1. The molecule has 6 nitrogen and oxygen atoms in total. The van der Waals surface area contributed by atoms with E-state index in [2.05, 4.69) is 12.2 Å². The van der Waals surface area contributed by atoms with Crippen molar-refractivity contribution in [2.24, 2.45) is 0 Å². The Labute approximate surface area is 125 Å². The lowest BCUT2D eigenvalue weighted by atomic mass is 10.1. The highest BCUT2D eigenvalue weighted by atomic mass is 35.5. The van der Waals surface area contributed by atoms with E-state index in [-0.39, 0.29) is 68.0 Å².